The van der Waals surface area contributed by atoms with Gasteiger partial charge in [0.05, 0.1) is 6.10 Å². The number of aryl methyl sites for hydroxylation is 1. The second-order valence-corrected chi connectivity index (χ2v) is 7.04. The molecule has 1 atom stereocenters. The molecule has 0 saturated carbocycles. The largest absolute Gasteiger partial charge is 0.387 e. The van der Waals surface area contributed by atoms with Crippen molar-refractivity contribution in [1.82, 2.24) is 10.3 Å². The molecule has 1 aromatic carbocycles. The second kappa shape index (κ2) is 7.15. The van der Waals surface area contributed by atoms with E-state index < -0.39 is 6.10 Å². The van der Waals surface area contributed by atoms with Crippen LogP contribution in [0.2, 0.25) is 0 Å². The highest BCUT2D eigenvalue weighted by molar-refractivity contribution is 7.15. The van der Waals surface area contributed by atoms with Crippen LogP contribution in [0.1, 0.15) is 22.1 Å². The highest BCUT2D eigenvalue weighted by Gasteiger charge is 2.10. The molecule has 2 heterocycles. The Hall–Kier alpha value is -1.53. The molecule has 0 aliphatic heterocycles. The van der Waals surface area contributed by atoms with Crippen molar-refractivity contribution >= 4 is 22.7 Å². The van der Waals surface area contributed by atoms with Crippen LogP contribution in [0.5, 0.6) is 0 Å². The van der Waals surface area contributed by atoms with Gasteiger partial charge in [0.25, 0.3) is 0 Å². The van der Waals surface area contributed by atoms with Crippen LogP contribution < -0.4 is 5.32 Å². The summed E-state index contributed by atoms with van der Waals surface area (Å²) in [7, 11) is 0. The van der Waals surface area contributed by atoms with Crippen LogP contribution in [0, 0.1) is 6.92 Å². The summed E-state index contributed by atoms with van der Waals surface area (Å²) in [6.07, 6.45) is 1.43. The fraction of sp³-hybridized carbons (Fsp3) is 0.235. The third-order valence-electron chi connectivity index (χ3n) is 3.51. The Balaban J connectivity index is 1.54. The van der Waals surface area contributed by atoms with E-state index in [9.17, 15) is 5.11 Å². The van der Waals surface area contributed by atoms with Crippen molar-refractivity contribution in [2.45, 2.75) is 19.6 Å². The number of rotatable bonds is 6. The van der Waals surface area contributed by atoms with Gasteiger partial charge in [-0.05, 0) is 29.5 Å². The maximum atomic E-state index is 10.3. The zero-order valence-corrected chi connectivity index (χ0v) is 14.0. The van der Waals surface area contributed by atoms with E-state index in [1.807, 2.05) is 37.4 Å². The molecule has 3 rings (SSSR count). The van der Waals surface area contributed by atoms with Crippen molar-refractivity contribution in [3.8, 4) is 10.6 Å². The van der Waals surface area contributed by atoms with E-state index in [1.165, 1.54) is 10.4 Å². The minimum Gasteiger partial charge on any atom is -0.387 e. The number of nitrogens with zero attached hydrogens (tertiary/aromatic N) is 1. The molecular formula is C17H18N2OS2. The maximum absolute atomic E-state index is 10.3. The van der Waals surface area contributed by atoms with Gasteiger partial charge in [0.1, 0.15) is 5.01 Å². The number of thiophene rings is 1. The molecule has 0 saturated heterocycles. The van der Waals surface area contributed by atoms with Crippen molar-refractivity contribution < 1.29 is 5.11 Å². The smallest absolute Gasteiger partial charge is 0.124 e. The minimum absolute atomic E-state index is 0.481. The third kappa shape index (κ3) is 3.62. The van der Waals surface area contributed by atoms with E-state index >= 15 is 0 Å². The summed E-state index contributed by atoms with van der Waals surface area (Å²) in [5.41, 5.74) is 3.29. The molecule has 3 nitrogen and oxygen atoms in total. The van der Waals surface area contributed by atoms with E-state index in [0.717, 1.165) is 22.7 Å². The van der Waals surface area contributed by atoms with Crippen molar-refractivity contribution in [3.05, 3.63) is 63.3 Å². The highest BCUT2D eigenvalue weighted by atomic mass is 32.1. The van der Waals surface area contributed by atoms with Gasteiger partial charge >= 0.3 is 0 Å². The first-order valence-electron chi connectivity index (χ1n) is 7.15. The van der Waals surface area contributed by atoms with Crippen LogP contribution in [0.25, 0.3) is 10.6 Å². The summed E-state index contributed by atoms with van der Waals surface area (Å²) >= 11 is 3.38. The van der Waals surface area contributed by atoms with Gasteiger partial charge in [-0.3, -0.25) is 0 Å². The van der Waals surface area contributed by atoms with E-state index in [2.05, 4.69) is 27.1 Å². The van der Waals surface area contributed by atoms with Crippen LogP contribution in [0.3, 0.4) is 0 Å². The van der Waals surface area contributed by atoms with E-state index in [-0.39, 0.29) is 0 Å². The monoisotopic (exact) mass is 330 g/mol. The predicted octanol–water partition coefficient (Wildman–Crippen LogP) is 4.00. The van der Waals surface area contributed by atoms with Crippen LogP contribution in [-0.2, 0) is 6.54 Å². The SMILES string of the molecule is Cc1ccccc1C(O)CNCc1cnc(-c2ccsc2)s1. The fourth-order valence-electron chi connectivity index (χ4n) is 2.31. The number of thiazole rings is 1. The van der Waals surface area contributed by atoms with Gasteiger partial charge in [0, 0.05) is 35.1 Å². The normalized spacial score (nSPS) is 12.5. The Morgan fingerprint density at radius 3 is 2.91 bits per heavy atom. The first-order valence-corrected chi connectivity index (χ1v) is 8.91. The first kappa shape index (κ1) is 15.4. The van der Waals surface area contributed by atoms with Crippen molar-refractivity contribution in [2.24, 2.45) is 0 Å². The fourth-order valence-corrected chi connectivity index (χ4v) is 3.90. The molecule has 0 fully saturated rings. The first-order chi connectivity index (χ1) is 10.7. The average molecular weight is 330 g/mol. The Labute approximate surface area is 138 Å². The lowest BCUT2D eigenvalue weighted by Gasteiger charge is -2.14. The number of aliphatic hydroxyl groups excluding tert-OH is 1. The Morgan fingerprint density at radius 2 is 2.14 bits per heavy atom. The summed E-state index contributed by atoms with van der Waals surface area (Å²) in [5, 5.41) is 18.8. The van der Waals surface area contributed by atoms with Gasteiger partial charge in [-0.1, -0.05) is 24.3 Å². The maximum Gasteiger partial charge on any atom is 0.124 e. The molecule has 22 heavy (non-hydrogen) atoms. The molecule has 2 N–H and O–H groups in total. The summed E-state index contributed by atoms with van der Waals surface area (Å²) in [6.45, 7) is 3.29. The number of aliphatic hydroxyl groups is 1. The Kier molecular flexibility index (Phi) is 5.00. The van der Waals surface area contributed by atoms with Gasteiger partial charge in [-0.25, -0.2) is 4.98 Å². The topological polar surface area (TPSA) is 45.1 Å². The molecule has 3 aromatic rings. The molecule has 0 radical (unpaired) electrons. The minimum atomic E-state index is -0.481. The van der Waals surface area contributed by atoms with Gasteiger partial charge in [0.2, 0.25) is 0 Å². The summed E-state index contributed by atoms with van der Waals surface area (Å²) in [5.74, 6) is 0. The van der Waals surface area contributed by atoms with Crippen molar-refractivity contribution in [1.29, 1.82) is 0 Å². The van der Waals surface area contributed by atoms with Gasteiger partial charge < -0.3 is 10.4 Å². The molecular weight excluding hydrogens is 312 g/mol. The van der Waals surface area contributed by atoms with Crippen molar-refractivity contribution in [3.63, 3.8) is 0 Å². The Morgan fingerprint density at radius 1 is 1.27 bits per heavy atom. The zero-order chi connectivity index (χ0) is 15.4. The third-order valence-corrected chi connectivity index (χ3v) is 5.24. The Bertz CT molecular complexity index is 722. The standard InChI is InChI=1S/C17H18N2OS2/c1-12-4-2-3-5-15(12)16(20)10-18-8-14-9-19-17(22-14)13-6-7-21-11-13/h2-7,9,11,16,18,20H,8,10H2,1H3. The number of benzene rings is 1. The average Bonchev–Trinajstić information content (AvgIpc) is 3.18. The molecule has 114 valence electrons. The van der Waals surface area contributed by atoms with Gasteiger partial charge in [0.15, 0.2) is 0 Å². The zero-order valence-electron chi connectivity index (χ0n) is 12.3. The lowest BCUT2D eigenvalue weighted by molar-refractivity contribution is 0.174. The van der Waals surface area contributed by atoms with Gasteiger partial charge in [-0.2, -0.15) is 11.3 Å². The number of hydrogen-bond donors (Lipinski definition) is 2. The predicted molar refractivity (Wildman–Crippen MR) is 93.3 cm³/mol. The quantitative estimate of drug-likeness (QED) is 0.718. The molecule has 0 aliphatic carbocycles. The molecule has 0 spiro atoms. The van der Waals surface area contributed by atoms with Crippen molar-refractivity contribution in [2.75, 3.05) is 6.54 Å². The molecule has 0 amide bonds. The van der Waals surface area contributed by atoms with E-state index in [4.69, 9.17) is 0 Å². The lowest BCUT2D eigenvalue weighted by atomic mass is 10.0. The lowest BCUT2D eigenvalue weighted by Crippen LogP contribution is -2.21. The number of aromatic nitrogens is 1. The summed E-state index contributed by atoms with van der Waals surface area (Å²) in [4.78, 5) is 5.63. The summed E-state index contributed by atoms with van der Waals surface area (Å²) < 4.78 is 0. The van der Waals surface area contributed by atoms with Crippen LogP contribution in [0.4, 0.5) is 0 Å². The van der Waals surface area contributed by atoms with Crippen LogP contribution >= 0.6 is 22.7 Å². The number of nitrogens with one attached hydrogen (secondary N) is 1. The summed E-state index contributed by atoms with van der Waals surface area (Å²) in [6, 6.07) is 10.0. The van der Waals surface area contributed by atoms with Crippen LogP contribution in [-0.4, -0.2) is 16.6 Å². The van der Waals surface area contributed by atoms with Crippen LogP contribution in [0.15, 0.2) is 47.3 Å². The molecule has 5 heteroatoms. The molecule has 1 unspecified atom stereocenters. The molecule has 2 aromatic heterocycles. The molecule has 0 bridgehead atoms. The second-order valence-electron chi connectivity index (χ2n) is 5.15. The number of hydrogen-bond acceptors (Lipinski definition) is 5. The molecule has 0 aliphatic rings. The highest BCUT2D eigenvalue weighted by Crippen LogP contribution is 2.26. The van der Waals surface area contributed by atoms with Gasteiger partial charge in [-0.15, -0.1) is 11.3 Å². The van der Waals surface area contributed by atoms with E-state index in [1.54, 1.807) is 22.7 Å². The van der Waals surface area contributed by atoms with E-state index in [0.29, 0.717) is 6.54 Å².